The Morgan fingerprint density at radius 3 is 2.28 bits per heavy atom. The first kappa shape index (κ1) is 18.6. The third-order valence-electron chi connectivity index (χ3n) is 3.62. The fourth-order valence-electron chi connectivity index (χ4n) is 2.29. The van der Waals surface area contributed by atoms with Gasteiger partial charge in [0.15, 0.2) is 11.5 Å². The number of rotatable bonds is 9. The van der Waals surface area contributed by atoms with Crippen LogP contribution in [-0.2, 0) is 6.61 Å². The lowest BCUT2D eigenvalue weighted by Crippen LogP contribution is -2.26. The highest BCUT2D eigenvalue weighted by Crippen LogP contribution is 2.39. The Balaban J connectivity index is 2.20. The average molecular weight is 344 g/mol. The van der Waals surface area contributed by atoms with Gasteiger partial charge in [0.2, 0.25) is 5.75 Å². The zero-order valence-corrected chi connectivity index (χ0v) is 14.6. The van der Waals surface area contributed by atoms with Crippen molar-refractivity contribution in [3.8, 4) is 17.2 Å². The van der Waals surface area contributed by atoms with Crippen molar-refractivity contribution in [2.75, 3.05) is 27.3 Å². The van der Waals surface area contributed by atoms with E-state index in [4.69, 9.17) is 19.9 Å². The summed E-state index contributed by atoms with van der Waals surface area (Å²) in [5.74, 6) is 1.14. The molecule has 2 aromatic carbocycles. The molecule has 0 fully saturated rings. The summed E-state index contributed by atoms with van der Waals surface area (Å²) in [6.45, 7) is 1.42. The zero-order chi connectivity index (χ0) is 18.1. The van der Waals surface area contributed by atoms with Gasteiger partial charge in [-0.2, -0.15) is 0 Å². The van der Waals surface area contributed by atoms with Crippen molar-refractivity contribution in [3.05, 3.63) is 53.6 Å². The number of amides is 1. The summed E-state index contributed by atoms with van der Waals surface area (Å²) in [4.78, 5) is 12.2. The lowest BCUT2D eigenvalue weighted by atomic mass is 10.1. The summed E-state index contributed by atoms with van der Waals surface area (Å²) in [5.41, 5.74) is 6.90. The summed E-state index contributed by atoms with van der Waals surface area (Å²) in [6.07, 6.45) is 0.721. The van der Waals surface area contributed by atoms with Crippen LogP contribution in [0.25, 0.3) is 0 Å². The van der Waals surface area contributed by atoms with Crippen LogP contribution in [0, 0.1) is 0 Å². The lowest BCUT2D eigenvalue weighted by molar-refractivity contribution is 0.0952. The molecule has 0 saturated carbocycles. The van der Waals surface area contributed by atoms with Gasteiger partial charge >= 0.3 is 0 Å². The number of hydrogen-bond acceptors (Lipinski definition) is 5. The molecule has 6 heteroatoms. The first-order valence-electron chi connectivity index (χ1n) is 8.10. The Labute approximate surface area is 147 Å². The van der Waals surface area contributed by atoms with E-state index in [1.807, 2.05) is 30.3 Å². The number of carbonyl (C=O) groups is 1. The topological polar surface area (TPSA) is 82.8 Å². The van der Waals surface area contributed by atoms with Crippen molar-refractivity contribution in [1.82, 2.24) is 5.32 Å². The van der Waals surface area contributed by atoms with Crippen LogP contribution in [0.5, 0.6) is 17.2 Å². The summed E-state index contributed by atoms with van der Waals surface area (Å²) < 4.78 is 16.6. The van der Waals surface area contributed by atoms with Crippen LogP contribution in [0.1, 0.15) is 22.3 Å². The smallest absolute Gasteiger partial charge is 0.251 e. The van der Waals surface area contributed by atoms with Crippen molar-refractivity contribution < 1.29 is 19.0 Å². The normalized spacial score (nSPS) is 10.2. The van der Waals surface area contributed by atoms with E-state index >= 15 is 0 Å². The van der Waals surface area contributed by atoms with Gasteiger partial charge in [-0.05, 0) is 30.7 Å². The molecular weight excluding hydrogens is 320 g/mol. The maximum absolute atomic E-state index is 12.2. The van der Waals surface area contributed by atoms with Crippen molar-refractivity contribution in [2.45, 2.75) is 13.0 Å². The molecule has 1 amide bonds. The van der Waals surface area contributed by atoms with Gasteiger partial charge in [0, 0.05) is 12.1 Å². The van der Waals surface area contributed by atoms with Crippen molar-refractivity contribution in [3.63, 3.8) is 0 Å². The van der Waals surface area contributed by atoms with Crippen molar-refractivity contribution in [2.24, 2.45) is 5.73 Å². The monoisotopic (exact) mass is 344 g/mol. The van der Waals surface area contributed by atoms with Crippen LogP contribution < -0.4 is 25.3 Å². The second-order valence-corrected chi connectivity index (χ2v) is 5.38. The molecule has 0 atom stereocenters. The van der Waals surface area contributed by atoms with E-state index in [9.17, 15) is 4.79 Å². The Hall–Kier alpha value is -2.73. The number of nitrogens with one attached hydrogen (secondary N) is 1. The summed E-state index contributed by atoms with van der Waals surface area (Å²) >= 11 is 0. The van der Waals surface area contributed by atoms with Gasteiger partial charge in [-0.1, -0.05) is 30.3 Å². The first-order chi connectivity index (χ1) is 12.2. The molecule has 6 nitrogen and oxygen atoms in total. The third-order valence-corrected chi connectivity index (χ3v) is 3.62. The molecule has 2 rings (SSSR count). The molecule has 0 bridgehead atoms. The Morgan fingerprint density at radius 1 is 1.08 bits per heavy atom. The molecule has 2 aromatic rings. The van der Waals surface area contributed by atoms with Crippen LogP contribution in [0.4, 0.5) is 0 Å². The highest BCUT2D eigenvalue weighted by atomic mass is 16.5. The van der Waals surface area contributed by atoms with Crippen LogP contribution in [0.15, 0.2) is 42.5 Å². The Morgan fingerprint density at radius 2 is 1.72 bits per heavy atom. The standard InChI is InChI=1S/C19H24N2O4/c1-23-16-11-15(19(22)21-10-6-9-20)12-17(24-2)18(16)25-13-14-7-4-3-5-8-14/h3-5,7-8,11-12H,6,9-10,13,20H2,1-2H3,(H,21,22). The molecule has 0 saturated heterocycles. The minimum atomic E-state index is -0.209. The Kier molecular flexibility index (Phi) is 7.10. The maximum atomic E-state index is 12.2. The second-order valence-electron chi connectivity index (χ2n) is 5.38. The predicted molar refractivity (Wildman–Crippen MR) is 96.3 cm³/mol. The first-order valence-corrected chi connectivity index (χ1v) is 8.10. The Bertz CT molecular complexity index is 664. The molecule has 0 aliphatic heterocycles. The van der Waals surface area contributed by atoms with Crippen LogP contribution in [0.2, 0.25) is 0 Å². The average Bonchev–Trinajstić information content (AvgIpc) is 2.66. The number of nitrogens with two attached hydrogens (primary N) is 1. The summed E-state index contributed by atoms with van der Waals surface area (Å²) in [7, 11) is 3.06. The highest BCUT2D eigenvalue weighted by molar-refractivity contribution is 5.95. The van der Waals surface area contributed by atoms with E-state index in [2.05, 4.69) is 5.32 Å². The van der Waals surface area contributed by atoms with Gasteiger partial charge < -0.3 is 25.3 Å². The van der Waals surface area contributed by atoms with Crippen molar-refractivity contribution in [1.29, 1.82) is 0 Å². The highest BCUT2D eigenvalue weighted by Gasteiger charge is 2.17. The van der Waals surface area contributed by atoms with Gasteiger partial charge in [-0.15, -0.1) is 0 Å². The lowest BCUT2D eigenvalue weighted by Gasteiger charge is -2.16. The zero-order valence-electron chi connectivity index (χ0n) is 14.6. The largest absolute Gasteiger partial charge is 0.493 e. The minimum Gasteiger partial charge on any atom is -0.493 e. The number of ether oxygens (including phenoxy) is 3. The van der Waals surface area contributed by atoms with E-state index in [1.165, 1.54) is 14.2 Å². The fraction of sp³-hybridized carbons (Fsp3) is 0.316. The molecular formula is C19H24N2O4. The SMILES string of the molecule is COc1cc(C(=O)NCCCN)cc(OC)c1OCc1ccccc1. The fourth-order valence-corrected chi connectivity index (χ4v) is 2.29. The molecule has 0 heterocycles. The number of benzene rings is 2. The van der Waals surface area contributed by atoms with E-state index < -0.39 is 0 Å². The molecule has 3 N–H and O–H groups in total. The quantitative estimate of drug-likeness (QED) is 0.683. The predicted octanol–water partition coefficient (Wildman–Crippen LogP) is 2.36. The van der Waals surface area contributed by atoms with Gasteiger partial charge in [-0.3, -0.25) is 4.79 Å². The van der Waals surface area contributed by atoms with Gasteiger partial charge in [0.25, 0.3) is 5.91 Å². The third kappa shape index (κ3) is 5.12. The van der Waals surface area contributed by atoms with Gasteiger partial charge in [-0.25, -0.2) is 0 Å². The second kappa shape index (κ2) is 9.54. The molecule has 0 spiro atoms. The number of carbonyl (C=O) groups excluding carboxylic acids is 1. The van der Waals surface area contributed by atoms with Crippen LogP contribution in [0.3, 0.4) is 0 Å². The molecule has 134 valence electrons. The van der Waals surface area contributed by atoms with Gasteiger partial charge in [0.1, 0.15) is 6.61 Å². The molecule has 0 aliphatic rings. The summed E-state index contributed by atoms with van der Waals surface area (Å²) in [6, 6.07) is 13.1. The van der Waals surface area contributed by atoms with Crippen LogP contribution in [-0.4, -0.2) is 33.2 Å². The van der Waals surface area contributed by atoms with E-state index in [1.54, 1.807) is 12.1 Å². The summed E-state index contributed by atoms with van der Waals surface area (Å²) in [5, 5.41) is 2.81. The maximum Gasteiger partial charge on any atom is 0.251 e. The van der Waals surface area contributed by atoms with E-state index in [-0.39, 0.29) is 5.91 Å². The molecule has 0 aliphatic carbocycles. The number of methoxy groups -OCH3 is 2. The van der Waals surface area contributed by atoms with Gasteiger partial charge in [0.05, 0.1) is 14.2 Å². The number of hydrogen-bond donors (Lipinski definition) is 2. The molecule has 25 heavy (non-hydrogen) atoms. The molecule has 0 aromatic heterocycles. The minimum absolute atomic E-state index is 0.209. The van der Waals surface area contributed by atoms with Crippen LogP contribution >= 0.6 is 0 Å². The van der Waals surface area contributed by atoms with E-state index in [0.717, 1.165) is 12.0 Å². The van der Waals surface area contributed by atoms with Crippen molar-refractivity contribution >= 4 is 5.91 Å². The van der Waals surface area contributed by atoms with E-state index in [0.29, 0.717) is 42.5 Å². The molecule has 0 unspecified atom stereocenters. The molecule has 0 radical (unpaired) electrons.